The molecule has 22 heteroatoms. The summed E-state index contributed by atoms with van der Waals surface area (Å²) in [6.45, 7) is 1.29. The third-order valence-electron chi connectivity index (χ3n) is 16.6. The summed E-state index contributed by atoms with van der Waals surface area (Å²) in [5, 5.41) is 20.7. The fraction of sp³-hybridized carbons (Fsp3) is 0.314. The summed E-state index contributed by atoms with van der Waals surface area (Å²) in [7, 11) is 0. The third kappa shape index (κ3) is 18.3. The van der Waals surface area contributed by atoms with Crippen molar-refractivity contribution < 1.29 is 28.8 Å². The Hall–Kier alpha value is -9.19. The predicted molar refractivity (Wildman–Crippen MR) is 368 cm³/mol. The van der Waals surface area contributed by atoms with Gasteiger partial charge in [0.25, 0.3) is 0 Å². The molecule has 6 aromatic carbocycles. The Labute approximate surface area is 541 Å². The average molecular weight is 1270 g/mol. The highest BCUT2D eigenvalue weighted by atomic mass is 35.5. The molecule has 0 unspecified atom stereocenters. The first-order chi connectivity index (χ1) is 44.2. The third-order valence-corrected chi connectivity index (χ3v) is 16.6. The van der Waals surface area contributed by atoms with Crippen LogP contribution in [0.2, 0.25) is 0 Å². The van der Waals surface area contributed by atoms with Gasteiger partial charge in [0.2, 0.25) is 35.4 Å². The van der Waals surface area contributed by atoms with E-state index < -0.39 is 77.6 Å². The van der Waals surface area contributed by atoms with E-state index in [1.165, 1.54) is 0 Å². The second-order valence-electron chi connectivity index (χ2n) is 23.3. The maximum Gasteiger partial charge on any atom is 0.246 e. The van der Waals surface area contributed by atoms with Gasteiger partial charge >= 0.3 is 0 Å². The molecule has 0 aliphatic carbocycles. The number of anilines is 3. The number of aromatic nitrogens is 3. The van der Waals surface area contributed by atoms with E-state index in [0.29, 0.717) is 94.5 Å². The van der Waals surface area contributed by atoms with E-state index in [1.54, 1.807) is 36.4 Å². The zero-order valence-electron chi connectivity index (χ0n) is 51.6. The summed E-state index contributed by atoms with van der Waals surface area (Å²) in [4.78, 5) is 92.8. The number of nitrogens with one attached hydrogen (secondary N) is 9. The standard InChI is InChI=1S/C70H85N15O6.ClH/c71-34-10-7-19-61(83-65(86)55(74)37-46-40-77-58-16-4-1-13-52(46)58)68(89)80-49-28-22-43(23-29-49)64(44-24-30-50(31-25-44)81-69(90)62(20-8-11-35-72)84-66(87)56(75)38-47-41-78-59-17-5-2-14-53(47)59)45-26-32-51(33-27-45)82-70(91)63(21-9-12-36-73)85-67(88)57(76)39-48-42-79-60-18-6-3-15-54(48)60;/h1-6,13-18,22-33,40-42,55-57,61-64,77-79H,7-12,19-21,34-39,71-76H2,(H,80,89)(H,81,90)(H,82,91)(H,83,86)(H,84,87)(H,85,88);1H/t55-,56-,57-,61-,62-,63-;/m0./s1. The van der Waals surface area contributed by atoms with E-state index in [-0.39, 0.29) is 31.7 Å². The molecule has 0 aliphatic rings. The minimum absolute atomic E-state index is 0. The first-order valence-electron chi connectivity index (χ1n) is 31.4. The molecule has 0 radical (unpaired) electrons. The van der Waals surface area contributed by atoms with Crippen molar-refractivity contribution >= 4 is 97.6 Å². The number of H-pyrrole nitrogens is 3. The summed E-state index contributed by atoms with van der Waals surface area (Å²) in [6, 6.07) is 40.1. The highest BCUT2D eigenvalue weighted by Crippen LogP contribution is 2.35. The number of halogens is 1. The molecule has 21 nitrogen and oxygen atoms in total. The van der Waals surface area contributed by atoms with E-state index in [9.17, 15) is 28.8 Å². The number of amides is 6. The average Bonchev–Trinajstić information content (AvgIpc) is 1.04. The molecule has 92 heavy (non-hydrogen) atoms. The van der Waals surface area contributed by atoms with Gasteiger partial charge in [-0.2, -0.15) is 0 Å². The van der Waals surface area contributed by atoms with Crippen LogP contribution in [0, 0.1) is 0 Å². The number of hydrogen-bond donors (Lipinski definition) is 15. The smallest absolute Gasteiger partial charge is 0.246 e. The molecule has 484 valence electrons. The van der Waals surface area contributed by atoms with Crippen molar-refractivity contribution in [2.75, 3.05) is 35.6 Å². The van der Waals surface area contributed by atoms with Crippen molar-refractivity contribution in [2.45, 2.75) is 119 Å². The molecule has 21 N–H and O–H groups in total. The Bertz CT molecular complexity index is 3490. The van der Waals surface area contributed by atoms with E-state index in [0.717, 1.165) is 66.1 Å². The van der Waals surface area contributed by atoms with Gasteiger partial charge in [-0.3, -0.25) is 28.8 Å². The van der Waals surface area contributed by atoms with Crippen LogP contribution in [0.3, 0.4) is 0 Å². The zero-order chi connectivity index (χ0) is 64.2. The molecule has 9 aromatic rings. The van der Waals surface area contributed by atoms with Crippen molar-refractivity contribution in [1.29, 1.82) is 0 Å². The zero-order valence-corrected chi connectivity index (χ0v) is 52.4. The van der Waals surface area contributed by atoms with Crippen molar-refractivity contribution in [3.63, 3.8) is 0 Å². The molecular weight excluding hydrogens is 1180 g/mol. The van der Waals surface area contributed by atoms with Crippen molar-refractivity contribution in [3.8, 4) is 0 Å². The maximum atomic E-state index is 14.1. The van der Waals surface area contributed by atoms with E-state index in [1.807, 2.05) is 128 Å². The number of rotatable bonds is 33. The maximum absolute atomic E-state index is 14.1. The van der Waals surface area contributed by atoms with Crippen LogP contribution in [0.25, 0.3) is 32.7 Å². The molecule has 0 bridgehead atoms. The Morgan fingerprint density at radius 3 is 0.870 bits per heavy atom. The van der Waals surface area contributed by atoms with Crippen LogP contribution in [0.5, 0.6) is 0 Å². The van der Waals surface area contributed by atoms with Crippen LogP contribution in [0.1, 0.15) is 97.1 Å². The van der Waals surface area contributed by atoms with Gasteiger partial charge in [0.05, 0.1) is 18.1 Å². The Morgan fingerprint density at radius 1 is 0.348 bits per heavy atom. The van der Waals surface area contributed by atoms with Gasteiger partial charge in [0, 0.05) is 74.3 Å². The Kier molecular flexibility index (Phi) is 25.2. The second kappa shape index (κ2) is 33.8. The lowest BCUT2D eigenvalue weighted by molar-refractivity contribution is -0.127. The number of carbonyl (C=O) groups excluding carboxylic acids is 6. The van der Waals surface area contributed by atoms with Crippen molar-refractivity contribution in [1.82, 2.24) is 30.9 Å². The van der Waals surface area contributed by atoms with Gasteiger partial charge < -0.3 is 81.3 Å². The van der Waals surface area contributed by atoms with Gasteiger partial charge in [-0.25, -0.2) is 0 Å². The number of hydrogen-bond acceptors (Lipinski definition) is 12. The predicted octanol–water partition coefficient (Wildman–Crippen LogP) is 7.10. The molecule has 6 atom stereocenters. The summed E-state index contributed by atoms with van der Waals surface area (Å²) in [6.07, 6.45) is 11.1. The summed E-state index contributed by atoms with van der Waals surface area (Å²) in [5.74, 6) is -3.01. The Morgan fingerprint density at radius 2 is 0.609 bits per heavy atom. The largest absolute Gasteiger partial charge is 0.361 e. The lowest BCUT2D eigenvalue weighted by Gasteiger charge is -2.23. The van der Waals surface area contributed by atoms with E-state index in [4.69, 9.17) is 34.4 Å². The summed E-state index contributed by atoms with van der Waals surface area (Å²) >= 11 is 0. The summed E-state index contributed by atoms with van der Waals surface area (Å²) in [5.41, 5.74) is 46.4. The lowest BCUT2D eigenvalue weighted by Crippen LogP contribution is -2.50. The lowest BCUT2D eigenvalue weighted by atomic mass is 9.85. The van der Waals surface area contributed by atoms with Crippen LogP contribution >= 0.6 is 12.4 Å². The number of fused-ring (bicyclic) bond motifs is 3. The van der Waals surface area contributed by atoms with Crippen LogP contribution < -0.4 is 66.3 Å². The van der Waals surface area contributed by atoms with Crippen LogP contribution in [0.15, 0.2) is 164 Å². The molecule has 0 saturated heterocycles. The number of aromatic amines is 3. The normalized spacial score (nSPS) is 13.3. The highest BCUT2D eigenvalue weighted by Gasteiger charge is 2.29. The second-order valence-corrected chi connectivity index (χ2v) is 23.3. The molecular formula is C70H86ClN15O6. The highest BCUT2D eigenvalue weighted by molar-refractivity contribution is 6.00. The monoisotopic (exact) mass is 1270 g/mol. The van der Waals surface area contributed by atoms with Gasteiger partial charge in [-0.05, 0) is 185 Å². The number of unbranched alkanes of at least 4 members (excludes halogenated alkanes) is 3. The van der Waals surface area contributed by atoms with Crippen LogP contribution in [-0.4, -0.2) is 106 Å². The molecule has 0 spiro atoms. The molecule has 0 aliphatic heterocycles. The van der Waals surface area contributed by atoms with Crippen LogP contribution in [0.4, 0.5) is 17.1 Å². The number of nitrogens with two attached hydrogens (primary N) is 6. The molecule has 9 rings (SSSR count). The van der Waals surface area contributed by atoms with Gasteiger partial charge in [-0.15, -0.1) is 12.4 Å². The quantitative estimate of drug-likeness (QED) is 0.0145. The molecule has 0 saturated carbocycles. The van der Waals surface area contributed by atoms with Crippen molar-refractivity contribution in [3.05, 3.63) is 198 Å². The minimum atomic E-state index is -0.915. The van der Waals surface area contributed by atoms with Gasteiger partial charge in [0.1, 0.15) is 18.1 Å². The Balaban J connectivity index is 0.0000109. The molecule has 3 heterocycles. The van der Waals surface area contributed by atoms with Crippen molar-refractivity contribution in [2.24, 2.45) is 34.4 Å². The van der Waals surface area contributed by atoms with E-state index in [2.05, 4.69) is 46.9 Å². The number of para-hydroxylation sites is 3. The topological polar surface area (TPSA) is 378 Å². The molecule has 6 amide bonds. The van der Waals surface area contributed by atoms with Gasteiger partial charge in [-0.1, -0.05) is 91.0 Å². The van der Waals surface area contributed by atoms with E-state index >= 15 is 0 Å². The number of carbonyl (C=O) groups is 6. The fourth-order valence-electron chi connectivity index (χ4n) is 11.6. The molecule has 3 aromatic heterocycles. The summed E-state index contributed by atoms with van der Waals surface area (Å²) < 4.78 is 0. The van der Waals surface area contributed by atoms with Gasteiger partial charge in [0.15, 0.2) is 0 Å². The molecule has 0 fully saturated rings. The van der Waals surface area contributed by atoms with Crippen LogP contribution in [-0.2, 0) is 48.0 Å². The minimum Gasteiger partial charge on any atom is -0.361 e. The SMILES string of the molecule is Cl.NCCCC[C@H](NC(=O)[C@@H](N)Cc1c[nH]c2ccccc12)C(=O)Nc1ccc(C(c2ccc(NC(=O)[C@H](CCCCN)NC(=O)[C@@H](N)Cc3c[nH]c4ccccc34)cc2)c2ccc(NC(=O)[C@H](CCCCN)NC(=O)[C@@H](N)Cc3c[nH]c4ccccc34)cc2)cc1. The number of benzene rings is 6. The fourth-order valence-corrected chi connectivity index (χ4v) is 11.6. The first-order valence-corrected chi connectivity index (χ1v) is 31.4. The first kappa shape index (κ1) is 68.7.